The van der Waals surface area contributed by atoms with E-state index in [-0.39, 0.29) is 0 Å². The molecule has 2 aromatic rings. The Hall–Kier alpha value is -1.94. The largest absolute Gasteiger partial charge is 0.496 e. The summed E-state index contributed by atoms with van der Waals surface area (Å²) in [7, 11) is 3.34. The number of methoxy groups -OCH3 is 1. The number of aryl methyl sites for hydroxylation is 2. The van der Waals surface area contributed by atoms with E-state index in [0.29, 0.717) is 5.56 Å². The molecule has 2 aromatic carbocycles. The molecule has 2 nitrogen and oxygen atoms in total. The number of benzene rings is 2. The van der Waals surface area contributed by atoms with E-state index >= 15 is 0 Å². The maximum absolute atomic E-state index is 14.0. The van der Waals surface area contributed by atoms with E-state index in [1.54, 1.807) is 14.2 Å². The summed E-state index contributed by atoms with van der Waals surface area (Å²) in [5.74, 6) is -0.0935. The molecule has 0 aliphatic carbocycles. The van der Waals surface area contributed by atoms with Crippen LogP contribution in [0.15, 0.2) is 30.3 Å². The Morgan fingerprint density at radius 2 is 1.71 bits per heavy atom. The smallest absolute Gasteiger partial charge is 0.128 e. The van der Waals surface area contributed by atoms with Crippen molar-refractivity contribution in [1.29, 1.82) is 0 Å². The van der Waals surface area contributed by atoms with Gasteiger partial charge in [0.2, 0.25) is 0 Å². The van der Waals surface area contributed by atoms with Gasteiger partial charge in [0, 0.05) is 5.56 Å². The van der Waals surface area contributed by atoms with Crippen LogP contribution >= 0.6 is 0 Å². The van der Waals surface area contributed by atoms with E-state index in [9.17, 15) is 8.78 Å². The van der Waals surface area contributed by atoms with E-state index in [4.69, 9.17) is 4.74 Å². The Kier molecular flexibility index (Phi) is 4.58. The summed E-state index contributed by atoms with van der Waals surface area (Å²) in [6.45, 7) is 3.86. The van der Waals surface area contributed by atoms with Gasteiger partial charge < -0.3 is 10.1 Å². The molecule has 0 fully saturated rings. The van der Waals surface area contributed by atoms with Gasteiger partial charge in [0.1, 0.15) is 17.4 Å². The van der Waals surface area contributed by atoms with Gasteiger partial charge in [-0.2, -0.15) is 0 Å². The number of ether oxygens (including phenoxy) is 1. The second-order valence-electron chi connectivity index (χ2n) is 5.07. The minimum Gasteiger partial charge on any atom is -0.496 e. The minimum absolute atomic E-state index is 0.296. The number of halogens is 2. The van der Waals surface area contributed by atoms with Crippen LogP contribution in [0.4, 0.5) is 8.78 Å². The average Bonchev–Trinajstić information content (AvgIpc) is 2.46. The van der Waals surface area contributed by atoms with Crippen LogP contribution in [0.25, 0.3) is 0 Å². The number of nitrogens with one attached hydrogen (secondary N) is 1. The summed E-state index contributed by atoms with van der Waals surface area (Å²) in [5, 5.41) is 3.06. The van der Waals surface area contributed by atoms with Crippen molar-refractivity contribution in [3.05, 3.63) is 64.2 Å². The zero-order valence-corrected chi connectivity index (χ0v) is 12.6. The van der Waals surface area contributed by atoms with E-state index in [1.165, 1.54) is 6.07 Å². The molecule has 0 aliphatic heterocycles. The standard InChI is InChI=1S/C17H19F2NO/c1-10-8-16(21-4)11(2)7-13(10)17(20-3)14-9-12(18)5-6-15(14)19/h5-9,17,20H,1-4H3. The lowest BCUT2D eigenvalue weighted by atomic mass is 9.93. The number of rotatable bonds is 4. The summed E-state index contributed by atoms with van der Waals surface area (Å²) in [6, 6.07) is 6.95. The summed E-state index contributed by atoms with van der Waals surface area (Å²) >= 11 is 0. The molecule has 1 N–H and O–H groups in total. The van der Waals surface area contributed by atoms with E-state index < -0.39 is 17.7 Å². The van der Waals surface area contributed by atoms with Gasteiger partial charge in [-0.05, 0) is 61.9 Å². The van der Waals surface area contributed by atoms with Crippen molar-refractivity contribution in [1.82, 2.24) is 5.32 Å². The first-order chi connectivity index (χ1) is 9.97. The van der Waals surface area contributed by atoms with Crippen LogP contribution in [0, 0.1) is 25.5 Å². The fraction of sp³-hybridized carbons (Fsp3) is 0.294. The van der Waals surface area contributed by atoms with Crippen molar-refractivity contribution in [2.75, 3.05) is 14.2 Å². The Balaban J connectivity index is 2.56. The normalized spacial score (nSPS) is 12.3. The predicted octanol–water partition coefficient (Wildman–Crippen LogP) is 3.90. The highest BCUT2D eigenvalue weighted by Crippen LogP contribution is 2.31. The number of hydrogen-bond donors (Lipinski definition) is 1. The van der Waals surface area contributed by atoms with Crippen molar-refractivity contribution < 1.29 is 13.5 Å². The molecule has 0 radical (unpaired) electrons. The molecule has 0 saturated carbocycles. The van der Waals surface area contributed by atoms with E-state index in [2.05, 4.69) is 5.32 Å². The molecule has 21 heavy (non-hydrogen) atoms. The molecule has 0 aromatic heterocycles. The van der Waals surface area contributed by atoms with Crippen LogP contribution in [0.3, 0.4) is 0 Å². The highest BCUT2D eigenvalue weighted by Gasteiger charge is 2.20. The average molecular weight is 291 g/mol. The van der Waals surface area contributed by atoms with E-state index in [0.717, 1.165) is 34.6 Å². The fourth-order valence-electron chi connectivity index (χ4n) is 2.56. The topological polar surface area (TPSA) is 21.3 Å². The van der Waals surface area contributed by atoms with Crippen LogP contribution in [-0.4, -0.2) is 14.2 Å². The van der Waals surface area contributed by atoms with Gasteiger partial charge in [-0.25, -0.2) is 8.78 Å². The first-order valence-corrected chi connectivity index (χ1v) is 6.75. The Morgan fingerprint density at radius 1 is 1.00 bits per heavy atom. The SMILES string of the molecule is CNC(c1cc(C)c(OC)cc1C)c1cc(F)ccc1F. The Bertz CT molecular complexity index is 655. The van der Waals surface area contributed by atoms with Gasteiger partial charge in [-0.15, -0.1) is 0 Å². The summed E-state index contributed by atoms with van der Waals surface area (Å²) in [6.07, 6.45) is 0. The number of hydrogen-bond acceptors (Lipinski definition) is 2. The third kappa shape index (κ3) is 3.05. The first-order valence-electron chi connectivity index (χ1n) is 6.75. The summed E-state index contributed by atoms with van der Waals surface area (Å²) < 4.78 is 32.8. The highest BCUT2D eigenvalue weighted by atomic mass is 19.1. The van der Waals surface area contributed by atoms with Crippen LogP contribution < -0.4 is 10.1 Å². The zero-order chi connectivity index (χ0) is 15.6. The molecule has 1 unspecified atom stereocenters. The van der Waals surface area contributed by atoms with Crippen LogP contribution in [0.2, 0.25) is 0 Å². The van der Waals surface area contributed by atoms with Crippen molar-refractivity contribution in [3.8, 4) is 5.75 Å². The van der Waals surface area contributed by atoms with E-state index in [1.807, 2.05) is 26.0 Å². The molecule has 112 valence electrons. The van der Waals surface area contributed by atoms with Crippen molar-refractivity contribution in [2.45, 2.75) is 19.9 Å². The molecule has 0 spiro atoms. The van der Waals surface area contributed by atoms with Crippen LogP contribution in [0.1, 0.15) is 28.3 Å². The monoisotopic (exact) mass is 291 g/mol. The predicted molar refractivity (Wildman–Crippen MR) is 79.7 cm³/mol. The van der Waals surface area contributed by atoms with Gasteiger partial charge in [0.05, 0.1) is 13.2 Å². The Labute approximate surface area is 123 Å². The second-order valence-corrected chi connectivity index (χ2v) is 5.07. The highest BCUT2D eigenvalue weighted by molar-refractivity contribution is 5.46. The molecule has 0 heterocycles. The quantitative estimate of drug-likeness (QED) is 0.922. The van der Waals surface area contributed by atoms with Crippen molar-refractivity contribution in [2.24, 2.45) is 0 Å². The van der Waals surface area contributed by atoms with Gasteiger partial charge in [0.15, 0.2) is 0 Å². The van der Waals surface area contributed by atoms with Gasteiger partial charge >= 0.3 is 0 Å². The minimum atomic E-state index is -0.450. The van der Waals surface area contributed by atoms with Gasteiger partial charge in [-0.1, -0.05) is 6.07 Å². The third-order valence-corrected chi connectivity index (χ3v) is 3.65. The molecular formula is C17H19F2NO. The second kappa shape index (κ2) is 6.22. The molecule has 2 rings (SSSR count). The van der Waals surface area contributed by atoms with Crippen LogP contribution in [0.5, 0.6) is 5.75 Å². The lowest BCUT2D eigenvalue weighted by Crippen LogP contribution is -2.20. The molecule has 0 amide bonds. The molecule has 1 atom stereocenters. The lowest BCUT2D eigenvalue weighted by molar-refractivity contribution is 0.411. The zero-order valence-electron chi connectivity index (χ0n) is 12.6. The molecule has 0 bridgehead atoms. The molecule has 0 saturated heterocycles. The maximum atomic E-state index is 14.0. The molecular weight excluding hydrogens is 272 g/mol. The maximum Gasteiger partial charge on any atom is 0.128 e. The molecule has 4 heteroatoms. The fourth-order valence-corrected chi connectivity index (χ4v) is 2.56. The van der Waals surface area contributed by atoms with Crippen LogP contribution in [-0.2, 0) is 0 Å². The first kappa shape index (κ1) is 15.4. The van der Waals surface area contributed by atoms with Gasteiger partial charge in [-0.3, -0.25) is 0 Å². The van der Waals surface area contributed by atoms with Crippen molar-refractivity contribution >= 4 is 0 Å². The molecule has 0 aliphatic rings. The Morgan fingerprint density at radius 3 is 2.33 bits per heavy atom. The van der Waals surface area contributed by atoms with Gasteiger partial charge in [0.25, 0.3) is 0 Å². The summed E-state index contributed by atoms with van der Waals surface area (Å²) in [4.78, 5) is 0. The lowest BCUT2D eigenvalue weighted by Gasteiger charge is -2.21. The van der Waals surface area contributed by atoms with Crippen molar-refractivity contribution in [3.63, 3.8) is 0 Å². The third-order valence-electron chi connectivity index (χ3n) is 3.65. The summed E-state index contributed by atoms with van der Waals surface area (Å²) in [5.41, 5.74) is 3.11.